The third kappa shape index (κ3) is 2.87. The van der Waals surface area contributed by atoms with E-state index in [0.717, 1.165) is 6.20 Å². The molecule has 0 fully saturated rings. The minimum Gasteiger partial charge on any atom is -0.361 e. The third-order valence-corrected chi connectivity index (χ3v) is 1.80. The van der Waals surface area contributed by atoms with E-state index in [0.29, 0.717) is 0 Å². The van der Waals surface area contributed by atoms with E-state index in [4.69, 9.17) is 0 Å². The lowest BCUT2D eigenvalue weighted by atomic mass is 10.2. The van der Waals surface area contributed by atoms with Gasteiger partial charge in [-0.15, -0.1) is 0 Å². The molecule has 0 bridgehead atoms. The normalized spacial score (nSPS) is 9.93. The zero-order valence-corrected chi connectivity index (χ0v) is 8.26. The highest BCUT2D eigenvalue weighted by Crippen LogP contribution is 1.99. The van der Waals surface area contributed by atoms with Crippen LogP contribution in [-0.4, -0.2) is 16.7 Å². The van der Waals surface area contributed by atoms with Crippen molar-refractivity contribution in [1.29, 1.82) is 0 Å². The molecular formula is C7H4BrNO5. The standard InChI is InChI=1S/C7H4BrNO5/c10-6(7(11)14-8(12)13)5-2-1-3-9-4-5/h1-4H. The van der Waals surface area contributed by atoms with Crippen LogP contribution in [-0.2, 0) is 8.62 Å². The predicted octanol–water partition coefficient (Wildman–Crippen LogP) is -2.11. The number of Topliss-reactive ketones (excluding diaryl/α,β-unsaturated/α-hetero) is 1. The van der Waals surface area contributed by atoms with Crippen LogP contribution in [0.15, 0.2) is 24.5 Å². The van der Waals surface area contributed by atoms with Crippen molar-refractivity contribution in [3.63, 3.8) is 0 Å². The molecule has 0 saturated heterocycles. The summed E-state index contributed by atoms with van der Waals surface area (Å²) in [7, 11) is 0. The first kappa shape index (κ1) is 10.8. The molecule has 0 aliphatic carbocycles. The molecule has 1 aromatic heterocycles. The van der Waals surface area contributed by atoms with E-state index in [2.05, 4.69) is 8.81 Å². The number of hydrogen-bond acceptors (Lipinski definition) is 6. The molecule has 0 aliphatic heterocycles. The number of aromatic nitrogens is 1. The molecule has 0 saturated carbocycles. The number of nitrogens with zero attached hydrogens (tertiary/aromatic N) is 1. The van der Waals surface area contributed by atoms with E-state index in [1.54, 1.807) is 0 Å². The van der Waals surface area contributed by atoms with E-state index in [-0.39, 0.29) is 5.56 Å². The second kappa shape index (κ2) is 4.80. The summed E-state index contributed by atoms with van der Waals surface area (Å²) in [5.41, 5.74) is -0.0128. The van der Waals surface area contributed by atoms with Gasteiger partial charge in [-0.25, -0.2) is 4.79 Å². The molecule has 1 aromatic rings. The molecule has 14 heavy (non-hydrogen) atoms. The number of rotatable bonds is 3. The molecule has 7 heteroatoms. The lowest BCUT2D eigenvalue weighted by Gasteiger charge is -1.94. The Hall–Kier alpha value is -1.31. The van der Waals surface area contributed by atoms with Gasteiger partial charge in [-0.3, -0.25) is 9.78 Å². The number of halogens is 1. The highest BCUT2D eigenvalue weighted by atomic mass is 80.0. The largest absolute Gasteiger partial charge is 0.506 e. The average Bonchev–Trinajstić information content (AvgIpc) is 2.17. The molecule has 74 valence electrons. The monoisotopic (exact) mass is 261 g/mol. The highest BCUT2D eigenvalue weighted by Gasteiger charge is 2.28. The van der Waals surface area contributed by atoms with Gasteiger partial charge in [0.05, 0.1) is 0 Å². The summed E-state index contributed by atoms with van der Waals surface area (Å²) in [6.07, 6.45) is 2.56. The second-order valence-electron chi connectivity index (χ2n) is 2.12. The maximum Gasteiger partial charge on any atom is 0.506 e. The quantitative estimate of drug-likeness (QED) is 0.456. The molecular weight excluding hydrogens is 258 g/mol. The molecule has 0 amide bonds. The van der Waals surface area contributed by atoms with Gasteiger partial charge in [-0.05, 0) is 12.1 Å². The minimum atomic E-state index is -3.70. The SMILES string of the molecule is O=C(O[Br+2]([O-])[O-])C(=O)c1cccnc1. The van der Waals surface area contributed by atoms with E-state index in [1.807, 2.05) is 0 Å². The maximum atomic E-state index is 11.1. The van der Waals surface area contributed by atoms with Crippen LogP contribution in [0.3, 0.4) is 0 Å². The third-order valence-electron chi connectivity index (χ3n) is 1.24. The fourth-order valence-corrected chi connectivity index (χ4v) is 1.09. The molecule has 0 radical (unpaired) electrons. The van der Waals surface area contributed by atoms with E-state index in [1.165, 1.54) is 18.3 Å². The summed E-state index contributed by atoms with van der Waals surface area (Å²) < 4.78 is 23.8. The Morgan fingerprint density at radius 1 is 1.43 bits per heavy atom. The van der Waals surface area contributed by atoms with Crippen molar-refractivity contribution in [3.05, 3.63) is 30.1 Å². The maximum absolute atomic E-state index is 11.1. The van der Waals surface area contributed by atoms with Crippen LogP contribution in [0.2, 0.25) is 0 Å². The number of carbonyl (C=O) groups excluding carboxylic acids is 2. The smallest absolute Gasteiger partial charge is 0.361 e. The fourth-order valence-electron chi connectivity index (χ4n) is 0.707. The molecule has 1 rings (SSSR count). The van der Waals surface area contributed by atoms with Crippen molar-refractivity contribution < 1.29 is 36.6 Å². The summed E-state index contributed by atoms with van der Waals surface area (Å²) in [6, 6.07) is 2.78. The molecule has 0 atom stereocenters. The molecule has 0 aliphatic rings. The first-order valence-corrected chi connectivity index (χ1v) is 5.28. The number of pyridine rings is 1. The summed E-state index contributed by atoms with van der Waals surface area (Å²) >= 11 is -3.70. The van der Waals surface area contributed by atoms with Crippen LogP contribution in [0.4, 0.5) is 0 Å². The van der Waals surface area contributed by atoms with Gasteiger partial charge in [0.25, 0.3) is 5.78 Å². The van der Waals surface area contributed by atoms with Crippen molar-refractivity contribution >= 4 is 11.8 Å². The van der Waals surface area contributed by atoms with Crippen molar-refractivity contribution in [1.82, 2.24) is 4.98 Å². The van der Waals surface area contributed by atoms with Crippen LogP contribution >= 0.6 is 0 Å². The molecule has 1 heterocycles. The molecule has 0 N–H and O–H groups in total. The zero-order valence-electron chi connectivity index (χ0n) is 6.68. The summed E-state index contributed by atoms with van der Waals surface area (Å²) in [5, 5.41) is 0. The van der Waals surface area contributed by atoms with Crippen LogP contribution in [0.1, 0.15) is 10.4 Å². The van der Waals surface area contributed by atoms with Crippen molar-refractivity contribution in [2.75, 3.05) is 0 Å². The molecule has 6 nitrogen and oxygen atoms in total. The average molecular weight is 262 g/mol. The summed E-state index contributed by atoms with van der Waals surface area (Å²) in [4.78, 5) is 25.5. The second-order valence-corrected chi connectivity index (χ2v) is 3.24. The summed E-state index contributed by atoms with van der Waals surface area (Å²) in [6.45, 7) is 0. The Morgan fingerprint density at radius 2 is 2.14 bits per heavy atom. The lowest BCUT2D eigenvalue weighted by Crippen LogP contribution is -2.38. The number of ketones is 1. The fraction of sp³-hybridized carbons (Fsp3) is 0. The van der Waals surface area contributed by atoms with Crippen molar-refractivity contribution in [2.24, 2.45) is 0 Å². The first-order chi connectivity index (χ1) is 6.61. The Morgan fingerprint density at radius 3 is 2.64 bits per heavy atom. The van der Waals surface area contributed by atoms with Gasteiger partial charge in [0.15, 0.2) is 0 Å². The lowest BCUT2D eigenvalue weighted by molar-refractivity contribution is -1.62. The van der Waals surface area contributed by atoms with E-state index < -0.39 is 26.6 Å². The van der Waals surface area contributed by atoms with Gasteiger partial charge >= 0.3 is 20.8 Å². The van der Waals surface area contributed by atoms with Gasteiger partial charge in [0, 0.05) is 18.0 Å². The molecule has 0 aromatic carbocycles. The predicted molar refractivity (Wildman–Crippen MR) is 34.7 cm³/mol. The van der Waals surface area contributed by atoms with Gasteiger partial charge in [0.2, 0.25) is 0 Å². The van der Waals surface area contributed by atoms with Crippen molar-refractivity contribution in [3.8, 4) is 0 Å². The Bertz CT molecular complexity index is 339. The summed E-state index contributed by atoms with van der Waals surface area (Å²) in [5.74, 6) is -2.45. The Labute approximate surface area is 84.0 Å². The number of hydrogen-bond donors (Lipinski definition) is 0. The van der Waals surface area contributed by atoms with Crippen LogP contribution in [0.5, 0.6) is 0 Å². The Kier molecular flexibility index (Phi) is 3.69. The van der Waals surface area contributed by atoms with Gasteiger partial charge < -0.3 is 8.40 Å². The Balaban J connectivity index is 2.72. The highest BCUT2D eigenvalue weighted by molar-refractivity contribution is 6.40. The zero-order chi connectivity index (χ0) is 10.6. The van der Waals surface area contributed by atoms with Crippen LogP contribution in [0.25, 0.3) is 0 Å². The van der Waals surface area contributed by atoms with Gasteiger partial charge in [0.1, 0.15) is 0 Å². The van der Waals surface area contributed by atoms with Crippen LogP contribution in [0, 0.1) is 14.8 Å². The minimum absolute atomic E-state index is 0.0128. The van der Waals surface area contributed by atoms with Crippen molar-refractivity contribution in [2.45, 2.75) is 0 Å². The molecule has 0 unspecified atom stereocenters. The van der Waals surface area contributed by atoms with E-state index in [9.17, 15) is 18.0 Å². The van der Waals surface area contributed by atoms with Gasteiger partial charge in [-0.2, -0.15) is 0 Å². The van der Waals surface area contributed by atoms with Gasteiger partial charge in [-0.1, -0.05) is 3.83 Å². The van der Waals surface area contributed by atoms with E-state index >= 15 is 0 Å². The molecule has 0 spiro atoms. The number of carbonyl (C=O) groups is 2. The van der Waals surface area contributed by atoms with Crippen LogP contribution < -0.4 is 8.40 Å². The first-order valence-electron chi connectivity index (χ1n) is 3.34. The topological polar surface area (TPSA) is 102 Å².